The predicted octanol–water partition coefficient (Wildman–Crippen LogP) is 2.69. The molecule has 1 aromatic carbocycles. The Balaban J connectivity index is 1.99. The highest BCUT2D eigenvalue weighted by Crippen LogP contribution is 2.10. The molecule has 0 aliphatic rings. The van der Waals surface area contributed by atoms with Gasteiger partial charge in [-0.1, -0.05) is 26.0 Å². The first-order valence-electron chi connectivity index (χ1n) is 8.41. The molecule has 0 bridgehead atoms. The monoisotopic (exact) mass is 329 g/mol. The molecule has 24 heavy (non-hydrogen) atoms. The van der Waals surface area contributed by atoms with Crippen molar-refractivity contribution >= 4 is 5.91 Å². The van der Waals surface area contributed by atoms with Gasteiger partial charge in [-0.05, 0) is 49.9 Å². The number of benzene rings is 1. The summed E-state index contributed by atoms with van der Waals surface area (Å²) >= 11 is 0. The third-order valence-electron chi connectivity index (χ3n) is 3.87. The zero-order chi connectivity index (χ0) is 17.7. The van der Waals surface area contributed by atoms with Gasteiger partial charge in [0.1, 0.15) is 0 Å². The Morgan fingerprint density at radius 3 is 2.67 bits per heavy atom. The van der Waals surface area contributed by atoms with Gasteiger partial charge in [-0.25, -0.2) is 0 Å². The summed E-state index contributed by atoms with van der Waals surface area (Å²) in [5.41, 5.74) is 3.71. The Bertz CT molecular complexity index is 692. The molecule has 0 aliphatic carbocycles. The fraction of sp³-hybridized carbons (Fsp3) is 0.474. The zero-order valence-corrected chi connectivity index (χ0v) is 14.9. The van der Waals surface area contributed by atoms with Gasteiger partial charge >= 0.3 is 0 Å². The molecule has 2 rings (SSSR count). The second-order valence-electron chi connectivity index (χ2n) is 6.78. The maximum absolute atomic E-state index is 12.3. The molecule has 5 nitrogen and oxygen atoms in total. The van der Waals surface area contributed by atoms with Crippen LogP contribution >= 0.6 is 0 Å². The molecular formula is C19H27N3O2. The smallest absolute Gasteiger partial charge is 0.251 e. The summed E-state index contributed by atoms with van der Waals surface area (Å²) in [6.07, 6.45) is 0.171. The van der Waals surface area contributed by atoms with Crippen molar-refractivity contribution in [3.63, 3.8) is 0 Å². The number of amides is 1. The van der Waals surface area contributed by atoms with E-state index in [0.29, 0.717) is 24.4 Å². The molecule has 0 aliphatic heterocycles. The van der Waals surface area contributed by atoms with Gasteiger partial charge in [0.15, 0.2) is 0 Å². The fourth-order valence-corrected chi connectivity index (χ4v) is 2.76. The number of aliphatic hydroxyl groups excluding tert-OH is 1. The molecule has 130 valence electrons. The minimum Gasteiger partial charge on any atom is -0.391 e. The second kappa shape index (κ2) is 8.11. The SMILES string of the molecule is Cc1cc(C)n(Cc2cccc(C(=O)NCC(O)CC(C)C)c2)n1. The van der Waals surface area contributed by atoms with Crippen LogP contribution in [0.15, 0.2) is 30.3 Å². The van der Waals surface area contributed by atoms with E-state index >= 15 is 0 Å². The highest BCUT2D eigenvalue weighted by Gasteiger charge is 2.11. The van der Waals surface area contributed by atoms with Crippen LogP contribution in [0.25, 0.3) is 0 Å². The van der Waals surface area contributed by atoms with E-state index in [2.05, 4.69) is 10.4 Å². The number of rotatable bonds is 7. The number of nitrogens with zero attached hydrogens (tertiary/aromatic N) is 2. The number of aryl methyl sites for hydroxylation is 2. The number of aliphatic hydroxyl groups is 1. The molecule has 0 saturated heterocycles. The summed E-state index contributed by atoms with van der Waals surface area (Å²) < 4.78 is 1.93. The lowest BCUT2D eigenvalue weighted by Gasteiger charge is -2.14. The van der Waals surface area contributed by atoms with Crippen LogP contribution in [-0.4, -0.2) is 33.4 Å². The molecule has 1 amide bonds. The van der Waals surface area contributed by atoms with E-state index in [1.165, 1.54) is 0 Å². The van der Waals surface area contributed by atoms with E-state index in [9.17, 15) is 9.90 Å². The van der Waals surface area contributed by atoms with Gasteiger partial charge in [0.2, 0.25) is 0 Å². The first-order valence-corrected chi connectivity index (χ1v) is 8.41. The first kappa shape index (κ1) is 18.2. The lowest BCUT2D eigenvalue weighted by atomic mass is 10.1. The van der Waals surface area contributed by atoms with Gasteiger partial charge in [0.25, 0.3) is 5.91 Å². The third-order valence-corrected chi connectivity index (χ3v) is 3.87. The van der Waals surface area contributed by atoms with Crippen LogP contribution < -0.4 is 5.32 Å². The van der Waals surface area contributed by atoms with Crippen molar-refractivity contribution in [1.82, 2.24) is 15.1 Å². The molecule has 0 saturated carbocycles. The minimum absolute atomic E-state index is 0.159. The van der Waals surface area contributed by atoms with Crippen LogP contribution in [0.5, 0.6) is 0 Å². The Hall–Kier alpha value is -2.14. The third kappa shape index (κ3) is 5.20. The van der Waals surface area contributed by atoms with E-state index in [4.69, 9.17) is 0 Å². The normalized spacial score (nSPS) is 12.4. The number of hydrogen-bond acceptors (Lipinski definition) is 3. The Labute approximate surface area is 143 Å². The lowest BCUT2D eigenvalue weighted by Crippen LogP contribution is -2.32. The minimum atomic E-state index is -0.508. The van der Waals surface area contributed by atoms with Crippen LogP contribution in [0.1, 0.15) is 47.6 Å². The summed E-state index contributed by atoms with van der Waals surface area (Å²) in [5.74, 6) is 0.244. The Morgan fingerprint density at radius 2 is 2.04 bits per heavy atom. The summed E-state index contributed by atoms with van der Waals surface area (Å²) in [5, 5.41) is 17.1. The van der Waals surface area contributed by atoms with Crippen LogP contribution in [0.3, 0.4) is 0 Å². The van der Waals surface area contributed by atoms with Crippen molar-refractivity contribution in [2.45, 2.75) is 46.8 Å². The van der Waals surface area contributed by atoms with Gasteiger partial charge in [-0.2, -0.15) is 5.10 Å². The highest BCUT2D eigenvalue weighted by molar-refractivity contribution is 5.94. The number of nitrogens with one attached hydrogen (secondary N) is 1. The van der Waals surface area contributed by atoms with E-state index < -0.39 is 6.10 Å². The van der Waals surface area contributed by atoms with Crippen LogP contribution in [0.2, 0.25) is 0 Å². The summed E-state index contributed by atoms with van der Waals surface area (Å²) in [6.45, 7) is 9.00. The fourth-order valence-electron chi connectivity index (χ4n) is 2.76. The van der Waals surface area contributed by atoms with Gasteiger partial charge < -0.3 is 10.4 Å². The standard InChI is InChI=1S/C19H27N3O2/c1-13(2)8-18(23)11-20-19(24)17-7-5-6-16(10-17)12-22-15(4)9-14(3)21-22/h5-7,9-10,13,18,23H,8,11-12H2,1-4H3,(H,20,24). The molecule has 0 fully saturated rings. The molecule has 1 heterocycles. The van der Waals surface area contributed by atoms with E-state index in [0.717, 1.165) is 17.0 Å². The van der Waals surface area contributed by atoms with Gasteiger partial charge in [0, 0.05) is 17.8 Å². The van der Waals surface area contributed by atoms with Gasteiger partial charge in [0.05, 0.1) is 18.3 Å². The van der Waals surface area contributed by atoms with Crippen LogP contribution in [0.4, 0.5) is 0 Å². The lowest BCUT2D eigenvalue weighted by molar-refractivity contribution is 0.0900. The molecule has 2 N–H and O–H groups in total. The first-order chi connectivity index (χ1) is 11.3. The largest absolute Gasteiger partial charge is 0.391 e. The van der Waals surface area contributed by atoms with Gasteiger partial charge in [-0.15, -0.1) is 0 Å². The molecule has 5 heteroatoms. The van der Waals surface area contributed by atoms with Crippen molar-refractivity contribution in [3.05, 3.63) is 52.8 Å². The van der Waals surface area contributed by atoms with Crippen molar-refractivity contribution in [3.8, 4) is 0 Å². The predicted molar refractivity (Wildman–Crippen MR) is 95.0 cm³/mol. The Kier molecular flexibility index (Phi) is 6.15. The molecule has 1 unspecified atom stereocenters. The number of aromatic nitrogens is 2. The molecule has 2 aromatic rings. The van der Waals surface area contributed by atoms with E-state index in [-0.39, 0.29) is 12.5 Å². The van der Waals surface area contributed by atoms with Crippen molar-refractivity contribution in [2.75, 3.05) is 6.54 Å². The molecule has 0 radical (unpaired) electrons. The maximum atomic E-state index is 12.3. The van der Waals surface area contributed by atoms with Crippen molar-refractivity contribution < 1.29 is 9.90 Å². The Morgan fingerprint density at radius 1 is 1.29 bits per heavy atom. The average Bonchev–Trinajstić information content (AvgIpc) is 2.82. The molecule has 1 atom stereocenters. The highest BCUT2D eigenvalue weighted by atomic mass is 16.3. The zero-order valence-electron chi connectivity index (χ0n) is 14.9. The average molecular weight is 329 g/mol. The van der Waals surface area contributed by atoms with Gasteiger partial charge in [-0.3, -0.25) is 9.48 Å². The van der Waals surface area contributed by atoms with Crippen molar-refractivity contribution in [2.24, 2.45) is 5.92 Å². The number of carbonyl (C=O) groups is 1. The summed E-state index contributed by atoms with van der Waals surface area (Å²) in [6, 6.07) is 9.56. The summed E-state index contributed by atoms with van der Waals surface area (Å²) in [7, 11) is 0. The van der Waals surface area contributed by atoms with E-state index in [1.807, 2.05) is 56.6 Å². The van der Waals surface area contributed by atoms with Crippen molar-refractivity contribution in [1.29, 1.82) is 0 Å². The van der Waals surface area contributed by atoms with Crippen LogP contribution in [-0.2, 0) is 6.54 Å². The quantitative estimate of drug-likeness (QED) is 0.821. The summed E-state index contributed by atoms with van der Waals surface area (Å²) in [4.78, 5) is 12.3. The topological polar surface area (TPSA) is 67.2 Å². The number of hydrogen-bond donors (Lipinski definition) is 2. The molecule has 0 spiro atoms. The molecule has 1 aromatic heterocycles. The van der Waals surface area contributed by atoms with E-state index in [1.54, 1.807) is 6.07 Å². The van der Waals surface area contributed by atoms with Crippen LogP contribution in [0, 0.1) is 19.8 Å². The molecular weight excluding hydrogens is 302 g/mol. The number of carbonyl (C=O) groups excluding carboxylic acids is 1. The second-order valence-corrected chi connectivity index (χ2v) is 6.78. The maximum Gasteiger partial charge on any atom is 0.251 e.